The largest absolute Gasteiger partial charge is 0.480 e. The molecule has 3 N–H and O–H groups in total. The maximum atomic E-state index is 11.1. The van der Waals surface area contributed by atoms with Gasteiger partial charge in [0.05, 0.1) is 0 Å². The SMILES string of the molecule is O=C(O)C1=N[C@H](C(=O)O)CC(=CC=[N+]2CCC[C@H]2C(=O)O)C1. The molecule has 0 spiro atoms. The first-order chi connectivity index (χ1) is 10.4. The maximum Gasteiger partial charge on any atom is 0.372 e. The highest BCUT2D eigenvalue weighted by molar-refractivity contribution is 6.36. The van der Waals surface area contributed by atoms with E-state index in [2.05, 4.69) is 4.99 Å². The van der Waals surface area contributed by atoms with Crippen LogP contribution in [0.3, 0.4) is 0 Å². The minimum Gasteiger partial charge on any atom is -0.480 e. The summed E-state index contributed by atoms with van der Waals surface area (Å²) in [4.78, 5) is 36.9. The Bertz CT molecular complexity index is 604. The Labute approximate surface area is 126 Å². The van der Waals surface area contributed by atoms with Crippen molar-refractivity contribution in [1.82, 2.24) is 0 Å². The van der Waals surface area contributed by atoms with Gasteiger partial charge < -0.3 is 15.3 Å². The van der Waals surface area contributed by atoms with Crippen molar-refractivity contribution in [3.05, 3.63) is 11.6 Å². The van der Waals surface area contributed by atoms with Crippen LogP contribution in [0.25, 0.3) is 0 Å². The molecule has 2 aliphatic heterocycles. The quantitative estimate of drug-likeness (QED) is 0.628. The molecule has 22 heavy (non-hydrogen) atoms. The summed E-state index contributed by atoms with van der Waals surface area (Å²) in [5.74, 6) is -3.30. The predicted octanol–water partition coefficient (Wildman–Crippen LogP) is 0.0157. The molecule has 1 fully saturated rings. The summed E-state index contributed by atoms with van der Waals surface area (Å²) < 4.78 is 1.68. The van der Waals surface area contributed by atoms with Crippen LogP contribution in [0.15, 0.2) is 16.6 Å². The molecular weight excluding hydrogens is 292 g/mol. The molecule has 118 valence electrons. The molecule has 0 aromatic heterocycles. The van der Waals surface area contributed by atoms with E-state index >= 15 is 0 Å². The second-order valence-corrected chi connectivity index (χ2v) is 5.32. The minimum absolute atomic E-state index is 0.0706. The van der Waals surface area contributed by atoms with E-state index < -0.39 is 30.0 Å². The lowest BCUT2D eigenvalue weighted by atomic mass is 9.96. The van der Waals surface area contributed by atoms with Crippen LogP contribution < -0.4 is 0 Å². The molecule has 2 atom stereocenters. The highest BCUT2D eigenvalue weighted by Gasteiger charge is 2.34. The highest BCUT2D eigenvalue weighted by Crippen LogP contribution is 2.20. The molecule has 2 rings (SSSR count). The van der Waals surface area contributed by atoms with Crippen LogP contribution in [0.2, 0.25) is 0 Å². The fourth-order valence-electron chi connectivity index (χ4n) is 2.65. The smallest absolute Gasteiger partial charge is 0.372 e. The van der Waals surface area contributed by atoms with Crippen LogP contribution in [0.1, 0.15) is 25.7 Å². The van der Waals surface area contributed by atoms with E-state index in [0.29, 0.717) is 18.5 Å². The average molecular weight is 309 g/mol. The Morgan fingerprint density at radius 2 is 1.91 bits per heavy atom. The van der Waals surface area contributed by atoms with Gasteiger partial charge in [0.2, 0.25) is 6.04 Å². The van der Waals surface area contributed by atoms with Gasteiger partial charge >= 0.3 is 17.9 Å². The van der Waals surface area contributed by atoms with E-state index in [1.165, 1.54) is 0 Å². The Morgan fingerprint density at radius 1 is 1.18 bits per heavy atom. The summed E-state index contributed by atoms with van der Waals surface area (Å²) >= 11 is 0. The van der Waals surface area contributed by atoms with Gasteiger partial charge in [-0.15, -0.1) is 0 Å². The van der Waals surface area contributed by atoms with Crippen LogP contribution in [-0.4, -0.2) is 68.4 Å². The lowest BCUT2D eigenvalue weighted by Gasteiger charge is -2.17. The van der Waals surface area contributed by atoms with Crippen molar-refractivity contribution in [3.63, 3.8) is 0 Å². The maximum absolute atomic E-state index is 11.1. The van der Waals surface area contributed by atoms with Gasteiger partial charge in [0, 0.05) is 31.8 Å². The number of carbonyl (C=O) groups is 3. The monoisotopic (exact) mass is 309 g/mol. The molecule has 0 aliphatic carbocycles. The van der Waals surface area contributed by atoms with Gasteiger partial charge in [-0.05, 0) is 0 Å². The zero-order chi connectivity index (χ0) is 16.3. The summed E-state index contributed by atoms with van der Waals surface area (Å²) in [7, 11) is 0. The Balaban J connectivity index is 2.21. The van der Waals surface area contributed by atoms with Gasteiger partial charge in [-0.25, -0.2) is 19.0 Å². The zero-order valence-corrected chi connectivity index (χ0v) is 11.8. The van der Waals surface area contributed by atoms with Gasteiger partial charge in [-0.1, -0.05) is 5.57 Å². The third-order valence-electron chi connectivity index (χ3n) is 3.77. The first kappa shape index (κ1) is 15.9. The van der Waals surface area contributed by atoms with Crippen LogP contribution >= 0.6 is 0 Å². The number of aliphatic imine (C=N–C) groups is 1. The van der Waals surface area contributed by atoms with Gasteiger partial charge in [0.15, 0.2) is 12.3 Å². The molecule has 2 aliphatic rings. The molecule has 8 heteroatoms. The third kappa shape index (κ3) is 3.57. The van der Waals surface area contributed by atoms with Crippen LogP contribution in [0.5, 0.6) is 0 Å². The Hall–Kier alpha value is -2.51. The molecule has 1 saturated heterocycles. The Kier molecular flexibility index (Phi) is 4.69. The van der Waals surface area contributed by atoms with Crippen LogP contribution in [0.4, 0.5) is 0 Å². The molecule has 2 heterocycles. The Morgan fingerprint density at radius 3 is 2.50 bits per heavy atom. The van der Waals surface area contributed by atoms with Gasteiger partial charge in [0.1, 0.15) is 12.3 Å². The van der Waals surface area contributed by atoms with Gasteiger partial charge in [0.25, 0.3) is 0 Å². The molecule has 0 aromatic carbocycles. The van der Waals surface area contributed by atoms with Crippen LogP contribution in [-0.2, 0) is 14.4 Å². The molecule has 0 saturated carbocycles. The van der Waals surface area contributed by atoms with Crippen molar-refractivity contribution in [2.24, 2.45) is 4.99 Å². The lowest BCUT2D eigenvalue weighted by molar-refractivity contribution is -0.527. The molecule has 0 bridgehead atoms. The predicted molar refractivity (Wildman–Crippen MR) is 75.7 cm³/mol. The number of allylic oxidation sites excluding steroid dienone is 1. The van der Waals surface area contributed by atoms with Crippen molar-refractivity contribution >= 4 is 29.8 Å². The van der Waals surface area contributed by atoms with Crippen molar-refractivity contribution in [1.29, 1.82) is 0 Å². The molecule has 0 aromatic rings. The van der Waals surface area contributed by atoms with Crippen molar-refractivity contribution in [3.8, 4) is 0 Å². The average Bonchev–Trinajstić information content (AvgIpc) is 2.93. The topological polar surface area (TPSA) is 127 Å². The summed E-state index contributed by atoms with van der Waals surface area (Å²) in [6.45, 7) is 0.614. The minimum atomic E-state index is -1.23. The summed E-state index contributed by atoms with van der Waals surface area (Å²) in [5.41, 5.74) is 0.436. The zero-order valence-electron chi connectivity index (χ0n) is 11.8. The molecule has 0 unspecified atom stereocenters. The van der Waals surface area contributed by atoms with Gasteiger partial charge in [-0.2, -0.15) is 0 Å². The molecule has 0 amide bonds. The van der Waals surface area contributed by atoms with E-state index in [0.717, 1.165) is 6.42 Å². The van der Waals surface area contributed by atoms with Crippen molar-refractivity contribution in [2.75, 3.05) is 6.54 Å². The molecular formula is C14H17N2O6+. The normalized spacial score (nSPS) is 28.6. The number of aliphatic carboxylic acids is 3. The van der Waals surface area contributed by atoms with Crippen LogP contribution in [0, 0.1) is 0 Å². The highest BCUT2D eigenvalue weighted by atomic mass is 16.4. The summed E-state index contributed by atoms with van der Waals surface area (Å²) in [5, 5.41) is 27.1. The van der Waals surface area contributed by atoms with E-state index in [9.17, 15) is 14.4 Å². The van der Waals surface area contributed by atoms with E-state index in [1.54, 1.807) is 16.9 Å². The number of hydrogen-bond donors (Lipinski definition) is 3. The lowest BCUT2D eigenvalue weighted by Crippen LogP contribution is -2.30. The first-order valence-electron chi connectivity index (χ1n) is 6.92. The van der Waals surface area contributed by atoms with E-state index in [1.807, 2.05) is 0 Å². The number of nitrogens with zero attached hydrogens (tertiary/aromatic N) is 2. The number of hydrogen-bond acceptors (Lipinski definition) is 4. The van der Waals surface area contributed by atoms with Crippen molar-refractivity contribution in [2.45, 2.75) is 37.8 Å². The number of rotatable bonds is 4. The fourth-order valence-corrected chi connectivity index (χ4v) is 2.65. The second kappa shape index (κ2) is 6.50. The molecule has 0 radical (unpaired) electrons. The first-order valence-corrected chi connectivity index (χ1v) is 6.92. The molecule has 8 nitrogen and oxygen atoms in total. The van der Waals surface area contributed by atoms with E-state index in [4.69, 9.17) is 15.3 Å². The standard InChI is InChI=1S/C14H16N2O6/c17-12(18)9-6-8(7-10(15-9)13(19)20)3-5-16-4-1-2-11(16)14(21)22/h3,5,9,11H,1-2,4,6-7H2,(H2-,17,18,19,20,21,22)/p+1/t9-,11-/m0/s1. The fraction of sp³-hybridized carbons (Fsp3) is 0.500. The van der Waals surface area contributed by atoms with E-state index in [-0.39, 0.29) is 18.6 Å². The summed E-state index contributed by atoms with van der Waals surface area (Å²) in [6.07, 6.45) is 4.78. The second-order valence-electron chi connectivity index (χ2n) is 5.32. The van der Waals surface area contributed by atoms with Crippen molar-refractivity contribution < 1.29 is 34.3 Å². The third-order valence-corrected chi connectivity index (χ3v) is 3.77. The number of carboxylic acid groups (broad SMARTS) is 3. The number of carboxylic acids is 3. The van der Waals surface area contributed by atoms with Gasteiger partial charge in [-0.3, -0.25) is 4.99 Å². The summed E-state index contributed by atoms with van der Waals surface area (Å²) in [6, 6.07) is -1.68.